The average molecular weight is 272 g/mol. The van der Waals surface area contributed by atoms with E-state index >= 15 is 0 Å². The van der Waals surface area contributed by atoms with Crippen molar-refractivity contribution in [3.63, 3.8) is 0 Å². The zero-order valence-corrected chi connectivity index (χ0v) is 12.3. The quantitative estimate of drug-likeness (QED) is 0.570. The van der Waals surface area contributed by atoms with Gasteiger partial charge in [-0.1, -0.05) is 12.2 Å². The normalized spacial score (nSPS) is 34.1. The molecule has 0 aliphatic heterocycles. The standard InChI is InChI=1S/C15H28O4/c1-10(5-6-12(16)14(2,3)18)11-7-8-15(4,19)13(17)9-11/h11-13,16-19H,1,5-9H2,2-4H3. The van der Waals surface area contributed by atoms with Crippen LogP contribution in [0.15, 0.2) is 12.2 Å². The van der Waals surface area contributed by atoms with Crippen molar-refractivity contribution in [2.24, 2.45) is 5.92 Å². The maximum atomic E-state index is 9.91. The highest BCUT2D eigenvalue weighted by molar-refractivity contribution is 5.06. The van der Waals surface area contributed by atoms with Gasteiger partial charge >= 0.3 is 0 Å². The van der Waals surface area contributed by atoms with Gasteiger partial charge in [-0.25, -0.2) is 0 Å². The van der Waals surface area contributed by atoms with E-state index in [0.29, 0.717) is 25.7 Å². The molecule has 1 aliphatic carbocycles. The minimum atomic E-state index is -1.10. The summed E-state index contributed by atoms with van der Waals surface area (Å²) in [6.07, 6.45) is 1.48. The molecule has 112 valence electrons. The second-order valence-electron chi connectivity index (χ2n) is 6.71. The molecule has 4 heteroatoms. The Bertz CT molecular complexity index is 317. The summed E-state index contributed by atoms with van der Waals surface area (Å²) in [6.45, 7) is 8.86. The molecule has 4 unspecified atom stereocenters. The Balaban J connectivity index is 2.44. The molecule has 0 aromatic carbocycles. The molecule has 0 saturated heterocycles. The number of rotatable bonds is 5. The summed E-state index contributed by atoms with van der Waals surface area (Å²) >= 11 is 0. The highest BCUT2D eigenvalue weighted by atomic mass is 16.3. The third-order valence-electron chi connectivity index (χ3n) is 4.36. The van der Waals surface area contributed by atoms with Crippen LogP contribution in [0.4, 0.5) is 0 Å². The maximum Gasteiger partial charge on any atom is 0.0877 e. The van der Waals surface area contributed by atoms with Gasteiger partial charge in [-0.2, -0.15) is 0 Å². The van der Waals surface area contributed by atoms with E-state index in [1.165, 1.54) is 0 Å². The molecule has 4 atom stereocenters. The zero-order chi connectivity index (χ0) is 14.8. The van der Waals surface area contributed by atoms with Crippen molar-refractivity contribution in [2.75, 3.05) is 0 Å². The average Bonchev–Trinajstić information content (AvgIpc) is 2.27. The second-order valence-corrected chi connectivity index (χ2v) is 6.71. The van der Waals surface area contributed by atoms with Crippen LogP contribution in [-0.2, 0) is 0 Å². The minimum absolute atomic E-state index is 0.184. The number of aliphatic hydroxyl groups is 4. The Hall–Kier alpha value is -0.420. The van der Waals surface area contributed by atoms with Gasteiger partial charge in [0.2, 0.25) is 0 Å². The number of allylic oxidation sites excluding steroid dienone is 1. The smallest absolute Gasteiger partial charge is 0.0877 e. The highest BCUT2D eigenvalue weighted by Crippen LogP contribution is 2.37. The molecule has 1 fully saturated rings. The SMILES string of the molecule is C=C(CCC(O)C(C)(C)O)C1CCC(C)(O)C(O)C1. The van der Waals surface area contributed by atoms with Crippen molar-refractivity contribution in [3.8, 4) is 0 Å². The fraction of sp³-hybridized carbons (Fsp3) is 0.867. The van der Waals surface area contributed by atoms with Crippen molar-refractivity contribution in [1.29, 1.82) is 0 Å². The van der Waals surface area contributed by atoms with Crippen molar-refractivity contribution in [1.82, 2.24) is 0 Å². The van der Waals surface area contributed by atoms with E-state index in [1.54, 1.807) is 20.8 Å². The summed E-state index contributed by atoms with van der Waals surface area (Å²) < 4.78 is 0. The fourth-order valence-corrected chi connectivity index (χ4v) is 2.52. The molecular weight excluding hydrogens is 244 g/mol. The third kappa shape index (κ3) is 4.56. The van der Waals surface area contributed by atoms with Crippen LogP contribution < -0.4 is 0 Å². The molecule has 0 bridgehead atoms. The van der Waals surface area contributed by atoms with Gasteiger partial charge in [0, 0.05) is 0 Å². The van der Waals surface area contributed by atoms with E-state index in [4.69, 9.17) is 0 Å². The van der Waals surface area contributed by atoms with Gasteiger partial charge in [-0.3, -0.25) is 0 Å². The molecule has 0 aromatic rings. The molecule has 0 radical (unpaired) electrons. The zero-order valence-electron chi connectivity index (χ0n) is 12.3. The summed E-state index contributed by atoms with van der Waals surface area (Å²) in [6, 6.07) is 0. The van der Waals surface area contributed by atoms with E-state index in [1.807, 2.05) is 0 Å². The van der Waals surface area contributed by atoms with Crippen molar-refractivity contribution < 1.29 is 20.4 Å². The first kappa shape index (κ1) is 16.6. The van der Waals surface area contributed by atoms with Crippen molar-refractivity contribution >= 4 is 0 Å². The first-order valence-electron chi connectivity index (χ1n) is 7.02. The van der Waals surface area contributed by atoms with Crippen LogP contribution in [0.25, 0.3) is 0 Å². The van der Waals surface area contributed by atoms with Crippen LogP contribution in [0.3, 0.4) is 0 Å². The Morgan fingerprint density at radius 1 is 1.47 bits per heavy atom. The Labute approximate surface area is 115 Å². The molecule has 19 heavy (non-hydrogen) atoms. The maximum absolute atomic E-state index is 9.91. The van der Waals surface area contributed by atoms with Crippen molar-refractivity contribution in [2.45, 2.75) is 76.3 Å². The lowest BCUT2D eigenvalue weighted by Gasteiger charge is -2.38. The van der Waals surface area contributed by atoms with E-state index < -0.39 is 23.4 Å². The summed E-state index contributed by atoms with van der Waals surface area (Å²) in [5.41, 5.74) is -1.11. The number of hydrogen-bond donors (Lipinski definition) is 4. The lowest BCUT2D eigenvalue weighted by atomic mass is 9.74. The van der Waals surface area contributed by atoms with Crippen LogP contribution in [-0.4, -0.2) is 43.8 Å². The molecule has 0 heterocycles. The van der Waals surface area contributed by atoms with Gasteiger partial charge in [0.05, 0.1) is 23.4 Å². The first-order valence-corrected chi connectivity index (χ1v) is 7.02. The van der Waals surface area contributed by atoms with E-state index in [2.05, 4.69) is 6.58 Å². The number of hydrogen-bond acceptors (Lipinski definition) is 4. The second kappa shape index (κ2) is 5.92. The van der Waals surface area contributed by atoms with Crippen LogP contribution in [0, 0.1) is 5.92 Å². The lowest BCUT2D eigenvalue weighted by molar-refractivity contribution is -0.0958. The van der Waals surface area contributed by atoms with Gasteiger partial charge in [0.25, 0.3) is 0 Å². The largest absolute Gasteiger partial charge is 0.390 e. The minimum Gasteiger partial charge on any atom is -0.390 e. The van der Waals surface area contributed by atoms with E-state index in [-0.39, 0.29) is 5.92 Å². The van der Waals surface area contributed by atoms with Gasteiger partial charge < -0.3 is 20.4 Å². The van der Waals surface area contributed by atoms with Crippen LogP contribution >= 0.6 is 0 Å². The molecule has 4 N–H and O–H groups in total. The first-order chi connectivity index (χ1) is 8.54. The Morgan fingerprint density at radius 2 is 2.05 bits per heavy atom. The summed E-state index contributed by atoms with van der Waals surface area (Å²) in [7, 11) is 0. The lowest BCUT2D eigenvalue weighted by Crippen LogP contribution is -2.44. The number of aliphatic hydroxyl groups excluding tert-OH is 2. The molecule has 1 saturated carbocycles. The monoisotopic (exact) mass is 272 g/mol. The summed E-state index contributed by atoms with van der Waals surface area (Å²) in [5.74, 6) is 0.184. The Morgan fingerprint density at radius 3 is 2.53 bits per heavy atom. The molecule has 1 aliphatic rings. The molecule has 1 rings (SSSR count). The molecule has 0 aromatic heterocycles. The summed E-state index contributed by atoms with van der Waals surface area (Å²) in [4.78, 5) is 0. The molecule has 0 amide bonds. The molecular formula is C15H28O4. The predicted octanol–water partition coefficient (Wildman–Crippen LogP) is 1.37. The van der Waals surface area contributed by atoms with Gasteiger partial charge in [-0.15, -0.1) is 0 Å². The summed E-state index contributed by atoms with van der Waals surface area (Å²) in [5, 5.41) is 39.3. The van der Waals surface area contributed by atoms with Crippen LogP contribution in [0.5, 0.6) is 0 Å². The molecule has 4 nitrogen and oxygen atoms in total. The topological polar surface area (TPSA) is 80.9 Å². The van der Waals surface area contributed by atoms with Crippen LogP contribution in [0.2, 0.25) is 0 Å². The van der Waals surface area contributed by atoms with Gasteiger partial charge in [0.15, 0.2) is 0 Å². The highest BCUT2D eigenvalue weighted by Gasteiger charge is 2.38. The third-order valence-corrected chi connectivity index (χ3v) is 4.36. The predicted molar refractivity (Wildman–Crippen MR) is 74.7 cm³/mol. The van der Waals surface area contributed by atoms with Gasteiger partial charge in [0.1, 0.15) is 0 Å². The van der Waals surface area contributed by atoms with E-state index in [0.717, 1.165) is 12.0 Å². The molecule has 0 spiro atoms. The van der Waals surface area contributed by atoms with Gasteiger partial charge in [-0.05, 0) is 58.8 Å². The van der Waals surface area contributed by atoms with Crippen molar-refractivity contribution in [3.05, 3.63) is 12.2 Å². The Kier molecular flexibility index (Phi) is 5.18. The fourth-order valence-electron chi connectivity index (χ4n) is 2.52. The van der Waals surface area contributed by atoms with E-state index in [9.17, 15) is 20.4 Å². The van der Waals surface area contributed by atoms with Crippen LogP contribution in [0.1, 0.15) is 52.9 Å².